The number of imidazole rings is 1. The van der Waals surface area contributed by atoms with Gasteiger partial charge in [0.15, 0.2) is 0 Å². The number of anilines is 1. The van der Waals surface area contributed by atoms with Crippen molar-refractivity contribution in [1.29, 1.82) is 0 Å². The van der Waals surface area contributed by atoms with Gasteiger partial charge in [-0.25, -0.2) is 4.98 Å². The molecule has 0 atom stereocenters. The third kappa shape index (κ3) is 4.64. The average molecular weight is 429 g/mol. The number of fused-ring (bicyclic) bond motifs is 3. The van der Waals surface area contributed by atoms with Gasteiger partial charge in [0.05, 0.1) is 16.6 Å². The zero-order valence-electron chi connectivity index (χ0n) is 20.2. The molecule has 2 aromatic heterocycles. The van der Waals surface area contributed by atoms with E-state index in [1.54, 1.807) is 0 Å². The zero-order valence-corrected chi connectivity index (χ0v) is 20.2. The Balaban J connectivity index is 1.97. The maximum Gasteiger partial charge on any atom is 0.111 e. The first-order valence-corrected chi connectivity index (χ1v) is 12.0. The number of pyridine rings is 1. The molecule has 0 bridgehead atoms. The minimum Gasteiger partial charge on any atom is -0.385 e. The van der Waals surface area contributed by atoms with Crippen LogP contribution in [0.4, 0.5) is 5.69 Å². The van der Waals surface area contributed by atoms with Gasteiger partial charge >= 0.3 is 0 Å². The Morgan fingerprint density at radius 2 is 2.00 bits per heavy atom. The summed E-state index contributed by atoms with van der Waals surface area (Å²) in [5.41, 5.74) is 5.73. The maximum atomic E-state index is 5.14. The van der Waals surface area contributed by atoms with Crippen LogP contribution in [0.2, 0.25) is 0 Å². The van der Waals surface area contributed by atoms with Crippen molar-refractivity contribution in [1.82, 2.24) is 14.5 Å². The molecule has 0 amide bonds. The van der Waals surface area contributed by atoms with Gasteiger partial charge in [0.2, 0.25) is 0 Å². The van der Waals surface area contributed by atoms with Crippen LogP contribution in [-0.2, 0) is 13.0 Å². The lowest BCUT2D eigenvalue weighted by molar-refractivity contribution is 0.664. The molecule has 32 heavy (non-hydrogen) atoms. The molecule has 0 saturated carbocycles. The van der Waals surface area contributed by atoms with Gasteiger partial charge in [-0.1, -0.05) is 57.6 Å². The fraction of sp³-hybridized carbons (Fsp3) is 0.429. The van der Waals surface area contributed by atoms with Crippen molar-refractivity contribution in [3.8, 4) is 0 Å². The van der Waals surface area contributed by atoms with Crippen LogP contribution < -0.4 is 15.9 Å². The third-order valence-corrected chi connectivity index (χ3v) is 6.13. The minimum absolute atomic E-state index is 0.0217. The Hall–Kier alpha value is -2.88. The molecule has 4 heteroatoms. The second kappa shape index (κ2) is 9.32. The van der Waals surface area contributed by atoms with E-state index in [0.717, 1.165) is 55.3 Å². The number of allylic oxidation sites excluding steroid dienone is 2. The molecule has 4 nitrogen and oxygen atoms in total. The highest BCUT2D eigenvalue weighted by Gasteiger charge is 2.18. The summed E-state index contributed by atoms with van der Waals surface area (Å²) in [5, 5.41) is 5.74. The lowest BCUT2D eigenvalue weighted by Gasteiger charge is -2.16. The molecule has 3 aromatic rings. The molecule has 1 aromatic carbocycles. The minimum atomic E-state index is -0.0217. The first-order valence-electron chi connectivity index (χ1n) is 12.0. The number of nitrogens with one attached hydrogen (secondary N) is 1. The average Bonchev–Trinajstić information content (AvgIpc) is 3.09. The van der Waals surface area contributed by atoms with Crippen LogP contribution in [0.5, 0.6) is 0 Å². The standard InChI is InChI=1S/C28H36N4/c1-6-8-15-25-31-26-20(3)30-24-18-28(4,5)16-10-9-14-23(24)27(26)32(25)19-21-12-11-13-22(17-21)29-7-2/h10-14,16-18,29H,6-9,15,19H2,1-5H3/b16-10-,23-14+,24-18+. The highest BCUT2D eigenvalue weighted by Crippen LogP contribution is 2.22. The van der Waals surface area contributed by atoms with Crippen molar-refractivity contribution in [3.05, 3.63) is 64.1 Å². The summed E-state index contributed by atoms with van der Waals surface area (Å²) >= 11 is 0. The first kappa shape index (κ1) is 22.3. The summed E-state index contributed by atoms with van der Waals surface area (Å²) in [6, 6.07) is 8.76. The number of benzene rings is 1. The number of rotatable bonds is 7. The Morgan fingerprint density at radius 1 is 1.16 bits per heavy atom. The van der Waals surface area contributed by atoms with E-state index in [-0.39, 0.29) is 5.41 Å². The van der Waals surface area contributed by atoms with E-state index in [4.69, 9.17) is 9.97 Å². The van der Waals surface area contributed by atoms with Crippen molar-refractivity contribution in [3.63, 3.8) is 0 Å². The Morgan fingerprint density at radius 3 is 2.78 bits per heavy atom. The fourth-order valence-electron chi connectivity index (χ4n) is 4.57. The predicted molar refractivity (Wildman–Crippen MR) is 136 cm³/mol. The van der Waals surface area contributed by atoms with Gasteiger partial charge in [-0.2, -0.15) is 0 Å². The number of hydrogen-bond acceptors (Lipinski definition) is 3. The van der Waals surface area contributed by atoms with Gasteiger partial charge in [0.1, 0.15) is 11.3 Å². The molecule has 0 radical (unpaired) electrons. The summed E-state index contributed by atoms with van der Waals surface area (Å²) in [6.07, 6.45) is 13.4. The van der Waals surface area contributed by atoms with Crippen molar-refractivity contribution >= 4 is 28.9 Å². The maximum absolute atomic E-state index is 5.14. The van der Waals surface area contributed by atoms with Crippen LogP contribution in [0.25, 0.3) is 23.2 Å². The van der Waals surface area contributed by atoms with Gasteiger partial charge in [-0.05, 0) is 50.5 Å². The molecule has 2 heterocycles. The number of nitrogens with zero attached hydrogens (tertiary/aromatic N) is 3. The van der Waals surface area contributed by atoms with Gasteiger partial charge in [-0.3, -0.25) is 4.98 Å². The molecule has 0 saturated heterocycles. The van der Waals surface area contributed by atoms with Crippen LogP contribution in [0.1, 0.15) is 64.0 Å². The molecule has 0 unspecified atom stereocenters. The van der Waals surface area contributed by atoms with E-state index < -0.39 is 0 Å². The van der Waals surface area contributed by atoms with Gasteiger partial charge < -0.3 is 9.88 Å². The van der Waals surface area contributed by atoms with E-state index in [2.05, 4.69) is 93.1 Å². The lowest BCUT2D eigenvalue weighted by atomic mass is 9.90. The highest BCUT2D eigenvalue weighted by molar-refractivity contribution is 5.80. The molecule has 0 aliphatic heterocycles. The largest absolute Gasteiger partial charge is 0.385 e. The smallest absolute Gasteiger partial charge is 0.111 e. The Bertz CT molecular complexity index is 1260. The van der Waals surface area contributed by atoms with Crippen LogP contribution in [-0.4, -0.2) is 21.1 Å². The number of aromatic nitrogens is 3. The summed E-state index contributed by atoms with van der Waals surface area (Å²) in [6.45, 7) is 12.7. The van der Waals surface area contributed by atoms with Gasteiger partial charge in [0, 0.05) is 35.8 Å². The zero-order chi connectivity index (χ0) is 22.7. The second-order valence-electron chi connectivity index (χ2n) is 9.45. The molecular weight excluding hydrogens is 392 g/mol. The molecular formula is C28H36N4. The number of hydrogen-bond donors (Lipinski definition) is 1. The van der Waals surface area contributed by atoms with Crippen molar-refractivity contribution in [2.75, 3.05) is 11.9 Å². The SMILES string of the molecule is CCCCc1nc2c(C)nc3/c(c2n1Cc1cccc(NCC)c1)=C\C/C=C\C(C)(C)\C=3. The number of unbranched alkanes of at least 4 members (excludes halogenated alkanes) is 1. The van der Waals surface area contributed by atoms with E-state index in [9.17, 15) is 0 Å². The lowest BCUT2D eigenvalue weighted by Crippen LogP contribution is -2.34. The Kier molecular flexibility index (Phi) is 6.50. The first-order chi connectivity index (χ1) is 15.4. The van der Waals surface area contributed by atoms with Crippen molar-refractivity contribution in [2.24, 2.45) is 5.41 Å². The van der Waals surface area contributed by atoms with Crippen LogP contribution >= 0.6 is 0 Å². The quantitative estimate of drug-likeness (QED) is 0.532. The summed E-state index contributed by atoms with van der Waals surface area (Å²) < 4.78 is 2.45. The third-order valence-electron chi connectivity index (χ3n) is 6.13. The molecule has 0 spiro atoms. The van der Waals surface area contributed by atoms with Crippen LogP contribution in [0, 0.1) is 12.3 Å². The van der Waals surface area contributed by atoms with Crippen LogP contribution in [0.3, 0.4) is 0 Å². The summed E-state index contributed by atoms with van der Waals surface area (Å²) in [4.78, 5) is 10.1. The van der Waals surface area contributed by atoms with Crippen molar-refractivity contribution < 1.29 is 0 Å². The number of aryl methyl sites for hydroxylation is 2. The second-order valence-corrected chi connectivity index (χ2v) is 9.45. The monoisotopic (exact) mass is 428 g/mol. The van der Waals surface area contributed by atoms with Crippen LogP contribution in [0.15, 0.2) is 36.4 Å². The summed E-state index contributed by atoms with van der Waals surface area (Å²) in [5.74, 6) is 1.17. The normalized spacial score (nSPS) is 18.0. The summed E-state index contributed by atoms with van der Waals surface area (Å²) in [7, 11) is 0. The van der Waals surface area contributed by atoms with Gasteiger partial charge in [0.25, 0.3) is 0 Å². The van der Waals surface area contributed by atoms with Crippen molar-refractivity contribution in [2.45, 2.75) is 66.8 Å². The van der Waals surface area contributed by atoms with E-state index in [1.165, 1.54) is 27.8 Å². The molecule has 168 valence electrons. The fourth-order valence-corrected chi connectivity index (χ4v) is 4.57. The van der Waals surface area contributed by atoms with E-state index >= 15 is 0 Å². The topological polar surface area (TPSA) is 42.7 Å². The molecule has 1 aliphatic carbocycles. The molecule has 1 N–H and O–H groups in total. The van der Waals surface area contributed by atoms with Gasteiger partial charge in [-0.15, -0.1) is 0 Å². The van der Waals surface area contributed by atoms with E-state index in [1.807, 2.05) is 0 Å². The molecule has 1 aliphatic rings. The highest BCUT2D eigenvalue weighted by atomic mass is 15.1. The predicted octanol–water partition coefficient (Wildman–Crippen LogP) is 5.11. The Labute approximate surface area is 191 Å². The molecule has 0 fully saturated rings. The molecule has 4 rings (SSSR count). The van der Waals surface area contributed by atoms with E-state index in [0.29, 0.717) is 0 Å².